The Morgan fingerprint density at radius 3 is 2.76 bits per heavy atom. The van der Waals surface area contributed by atoms with Gasteiger partial charge in [0.25, 0.3) is 0 Å². The molecule has 1 aliphatic heterocycles. The smallest absolute Gasteiger partial charge is 0.247 e. The molecule has 2 heterocycles. The first-order chi connectivity index (χ1) is 10.0. The first-order valence-corrected chi connectivity index (χ1v) is 7.37. The highest BCUT2D eigenvalue weighted by Crippen LogP contribution is 2.27. The predicted octanol–water partition coefficient (Wildman–Crippen LogP) is 2.48. The molecule has 0 radical (unpaired) electrons. The summed E-state index contributed by atoms with van der Waals surface area (Å²) in [4.78, 5) is 2.17. The third-order valence-corrected chi connectivity index (χ3v) is 4.29. The van der Waals surface area contributed by atoms with Crippen molar-refractivity contribution in [2.45, 2.75) is 39.3 Å². The molecular formula is C16H21N3O2. The molecule has 1 aromatic carbocycles. The molecule has 1 saturated heterocycles. The number of aliphatic hydroxyl groups excluding tert-OH is 1. The van der Waals surface area contributed by atoms with Gasteiger partial charge in [0.2, 0.25) is 11.8 Å². The van der Waals surface area contributed by atoms with Crippen LogP contribution in [0.2, 0.25) is 0 Å². The van der Waals surface area contributed by atoms with E-state index in [0.717, 1.165) is 18.5 Å². The van der Waals surface area contributed by atoms with Gasteiger partial charge in [-0.05, 0) is 50.5 Å². The van der Waals surface area contributed by atoms with Crippen molar-refractivity contribution < 1.29 is 9.52 Å². The zero-order valence-electron chi connectivity index (χ0n) is 12.7. The van der Waals surface area contributed by atoms with Gasteiger partial charge in [0.05, 0.1) is 12.1 Å². The third-order valence-electron chi connectivity index (χ3n) is 4.29. The number of β-amino-alcohol motifs (C(OH)–C–C–N with tert-alkyl or cyclic N) is 1. The average Bonchev–Trinajstić information content (AvgIpc) is 3.10. The Morgan fingerprint density at radius 2 is 2.10 bits per heavy atom. The Balaban J connectivity index is 1.81. The minimum atomic E-state index is -0.241. The average molecular weight is 287 g/mol. The molecule has 112 valence electrons. The zero-order valence-corrected chi connectivity index (χ0v) is 12.7. The van der Waals surface area contributed by atoms with Gasteiger partial charge in [0.1, 0.15) is 0 Å². The van der Waals surface area contributed by atoms with E-state index in [9.17, 15) is 5.11 Å². The SMILES string of the molecule is Cc1ccc(-c2nnc(C(C)N3CC[C@@H](O)C3)o2)cc1C. The summed E-state index contributed by atoms with van der Waals surface area (Å²) in [7, 11) is 0. The highest BCUT2D eigenvalue weighted by Gasteiger charge is 2.28. The van der Waals surface area contributed by atoms with Crippen LogP contribution in [-0.4, -0.2) is 39.4 Å². The Morgan fingerprint density at radius 1 is 1.29 bits per heavy atom. The lowest BCUT2D eigenvalue weighted by Gasteiger charge is -2.20. The first kappa shape index (κ1) is 14.2. The second-order valence-electron chi connectivity index (χ2n) is 5.86. The maximum absolute atomic E-state index is 9.63. The van der Waals surface area contributed by atoms with Crippen LogP contribution in [0, 0.1) is 13.8 Å². The lowest BCUT2D eigenvalue weighted by molar-refractivity contribution is 0.155. The second kappa shape index (κ2) is 5.58. The number of hydrogen-bond donors (Lipinski definition) is 1. The molecule has 0 aliphatic carbocycles. The van der Waals surface area contributed by atoms with E-state index >= 15 is 0 Å². The fourth-order valence-corrected chi connectivity index (χ4v) is 2.67. The largest absolute Gasteiger partial charge is 0.419 e. The topological polar surface area (TPSA) is 62.4 Å². The molecule has 1 unspecified atom stereocenters. The van der Waals surface area contributed by atoms with Gasteiger partial charge < -0.3 is 9.52 Å². The molecule has 5 nitrogen and oxygen atoms in total. The summed E-state index contributed by atoms with van der Waals surface area (Å²) >= 11 is 0. The van der Waals surface area contributed by atoms with Crippen molar-refractivity contribution in [3.8, 4) is 11.5 Å². The highest BCUT2D eigenvalue weighted by molar-refractivity contribution is 5.55. The summed E-state index contributed by atoms with van der Waals surface area (Å²) in [5, 5.41) is 18.0. The van der Waals surface area contributed by atoms with E-state index in [1.807, 2.05) is 13.0 Å². The van der Waals surface area contributed by atoms with Gasteiger partial charge in [0, 0.05) is 18.7 Å². The molecule has 0 spiro atoms. The van der Waals surface area contributed by atoms with Crippen LogP contribution in [-0.2, 0) is 0 Å². The Bertz CT molecular complexity index is 638. The Hall–Kier alpha value is -1.72. The molecule has 3 rings (SSSR count). The zero-order chi connectivity index (χ0) is 15.0. The normalized spacial score (nSPS) is 20.9. The van der Waals surface area contributed by atoms with E-state index in [0.29, 0.717) is 18.3 Å². The molecular weight excluding hydrogens is 266 g/mol. The first-order valence-electron chi connectivity index (χ1n) is 7.37. The molecule has 1 fully saturated rings. The monoisotopic (exact) mass is 287 g/mol. The molecule has 5 heteroatoms. The van der Waals surface area contributed by atoms with Crippen molar-refractivity contribution in [1.82, 2.24) is 15.1 Å². The van der Waals surface area contributed by atoms with Crippen LogP contribution in [0.3, 0.4) is 0 Å². The van der Waals surface area contributed by atoms with Crippen LogP contribution in [0.15, 0.2) is 22.6 Å². The van der Waals surface area contributed by atoms with E-state index in [2.05, 4.69) is 41.1 Å². The van der Waals surface area contributed by atoms with Crippen molar-refractivity contribution in [3.63, 3.8) is 0 Å². The highest BCUT2D eigenvalue weighted by atomic mass is 16.4. The van der Waals surface area contributed by atoms with Crippen molar-refractivity contribution in [2.24, 2.45) is 0 Å². The maximum atomic E-state index is 9.63. The minimum Gasteiger partial charge on any atom is -0.419 e. The Labute approximate surface area is 124 Å². The number of benzene rings is 1. The molecule has 1 aromatic heterocycles. The van der Waals surface area contributed by atoms with Gasteiger partial charge in [-0.15, -0.1) is 10.2 Å². The number of rotatable bonds is 3. The van der Waals surface area contributed by atoms with Crippen LogP contribution in [0.25, 0.3) is 11.5 Å². The number of likely N-dealkylation sites (tertiary alicyclic amines) is 1. The van der Waals surface area contributed by atoms with Crippen molar-refractivity contribution >= 4 is 0 Å². The number of aliphatic hydroxyl groups is 1. The minimum absolute atomic E-state index is 0.0370. The lowest BCUT2D eigenvalue weighted by atomic mass is 10.1. The molecule has 0 amide bonds. The summed E-state index contributed by atoms with van der Waals surface area (Å²) in [5.74, 6) is 1.16. The van der Waals surface area contributed by atoms with E-state index in [1.54, 1.807) is 0 Å². The summed E-state index contributed by atoms with van der Waals surface area (Å²) in [6.07, 6.45) is 0.567. The fourth-order valence-electron chi connectivity index (χ4n) is 2.67. The molecule has 0 bridgehead atoms. The standard InChI is InChI=1S/C16H21N3O2/c1-10-4-5-13(8-11(10)2)16-18-17-15(21-16)12(3)19-7-6-14(20)9-19/h4-5,8,12,14,20H,6-7,9H2,1-3H3/t12?,14-/m1/s1. The van der Waals surface area contributed by atoms with Crippen LogP contribution in [0.5, 0.6) is 0 Å². The van der Waals surface area contributed by atoms with Gasteiger partial charge >= 0.3 is 0 Å². The van der Waals surface area contributed by atoms with Gasteiger partial charge in [-0.1, -0.05) is 6.07 Å². The maximum Gasteiger partial charge on any atom is 0.247 e. The van der Waals surface area contributed by atoms with Gasteiger partial charge in [-0.25, -0.2) is 0 Å². The van der Waals surface area contributed by atoms with E-state index in [1.165, 1.54) is 11.1 Å². The van der Waals surface area contributed by atoms with Gasteiger partial charge in [0.15, 0.2) is 0 Å². The molecule has 2 atom stereocenters. The van der Waals surface area contributed by atoms with Crippen LogP contribution >= 0.6 is 0 Å². The second-order valence-corrected chi connectivity index (χ2v) is 5.86. The van der Waals surface area contributed by atoms with Crippen LogP contribution < -0.4 is 0 Å². The van der Waals surface area contributed by atoms with E-state index < -0.39 is 0 Å². The summed E-state index contributed by atoms with van der Waals surface area (Å²) < 4.78 is 5.83. The summed E-state index contributed by atoms with van der Waals surface area (Å²) in [6.45, 7) is 7.73. The number of aryl methyl sites for hydroxylation is 2. The fraction of sp³-hybridized carbons (Fsp3) is 0.500. The van der Waals surface area contributed by atoms with Crippen LogP contribution in [0.4, 0.5) is 0 Å². The molecule has 1 N–H and O–H groups in total. The van der Waals surface area contributed by atoms with Gasteiger partial charge in [-0.3, -0.25) is 4.90 Å². The van der Waals surface area contributed by atoms with Crippen molar-refractivity contribution in [3.05, 3.63) is 35.2 Å². The lowest BCUT2D eigenvalue weighted by Crippen LogP contribution is -2.25. The number of hydrogen-bond acceptors (Lipinski definition) is 5. The molecule has 2 aromatic rings. The summed E-state index contributed by atoms with van der Waals surface area (Å²) in [6, 6.07) is 6.17. The van der Waals surface area contributed by atoms with Gasteiger partial charge in [-0.2, -0.15) is 0 Å². The molecule has 21 heavy (non-hydrogen) atoms. The quantitative estimate of drug-likeness (QED) is 0.939. The summed E-state index contributed by atoms with van der Waals surface area (Å²) in [5.41, 5.74) is 3.41. The third kappa shape index (κ3) is 2.84. The van der Waals surface area contributed by atoms with E-state index in [4.69, 9.17) is 4.42 Å². The van der Waals surface area contributed by atoms with Crippen LogP contribution in [0.1, 0.15) is 36.4 Å². The predicted molar refractivity (Wildman–Crippen MR) is 79.8 cm³/mol. The van der Waals surface area contributed by atoms with E-state index in [-0.39, 0.29) is 12.1 Å². The van der Waals surface area contributed by atoms with Crippen molar-refractivity contribution in [1.29, 1.82) is 0 Å². The Kier molecular flexibility index (Phi) is 3.78. The molecule has 0 saturated carbocycles. The number of nitrogens with zero attached hydrogens (tertiary/aromatic N) is 3. The molecule has 1 aliphatic rings. The van der Waals surface area contributed by atoms with Crippen molar-refractivity contribution in [2.75, 3.05) is 13.1 Å². The number of aromatic nitrogens is 2.